The van der Waals surface area contributed by atoms with E-state index in [0.29, 0.717) is 13.1 Å². The molecule has 1 rings (SSSR count). The Hall–Kier alpha value is -0.610. The van der Waals surface area contributed by atoms with E-state index in [0.717, 1.165) is 39.1 Å². The molecule has 0 atom stereocenters. The van der Waals surface area contributed by atoms with Crippen LogP contribution in [0.2, 0.25) is 0 Å². The SMILES string of the molecule is O=COCCCN1CCNCC1. The van der Waals surface area contributed by atoms with Crippen LogP contribution in [-0.2, 0) is 9.53 Å². The van der Waals surface area contributed by atoms with Crippen molar-refractivity contribution in [3.8, 4) is 0 Å². The van der Waals surface area contributed by atoms with Crippen LogP contribution in [0.5, 0.6) is 0 Å². The lowest BCUT2D eigenvalue weighted by atomic mass is 10.3. The molecule has 0 aromatic carbocycles. The first-order chi connectivity index (χ1) is 5.93. The Labute approximate surface area is 72.9 Å². The molecule has 4 nitrogen and oxygen atoms in total. The quantitative estimate of drug-likeness (QED) is 0.446. The minimum Gasteiger partial charge on any atom is -0.468 e. The van der Waals surface area contributed by atoms with Crippen LogP contribution in [0.25, 0.3) is 0 Å². The Morgan fingerprint density at radius 1 is 1.42 bits per heavy atom. The van der Waals surface area contributed by atoms with E-state index in [9.17, 15) is 4.79 Å². The predicted molar refractivity (Wildman–Crippen MR) is 45.9 cm³/mol. The number of nitrogens with one attached hydrogen (secondary N) is 1. The average molecular weight is 172 g/mol. The van der Waals surface area contributed by atoms with Gasteiger partial charge < -0.3 is 15.0 Å². The molecule has 0 unspecified atom stereocenters. The van der Waals surface area contributed by atoms with Gasteiger partial charge in [-0.1, -0.05) is 0 Å². The number of carbonyl (C=O) groups excluding carboxylic acids is 1. The zero-order valence-corrected chi connectivity index (χ0v) is 7.29. The van der Waals surface area contributed by atoms with Gasteiger partial charge in [-0.05, 0) is 6.42 Å². The third-order valence-corrected chi connectivity index (χ3v) is 2.01. The van der Waals surface area contributed by atoms with Gasteiger partial charge >= 0.3 is 0 Å². The van der Waals surface area contributed by atoms with Crippen molar-refractivity contribution in [3.05, 3.63) is 0 Å². The van der Waals surface area contributed by atoms with Gasteiger partial charge in [-0.2, -0.15) is 0 Å². The molecule has 1 aliphatic rings. The molecule has 0 saturated carbocycles. The summed E-state index contributed by atoms with van der Waals surface area (Å²) >= 11 is 0. The summed E-state index contributed by atoms with van der Waals surface area (Å²) in [7, 11) is 0. The zero-order valence-electron chi connectivity index (χ0n) is 7.29. The molecule has 0 radical (unpaired) electrons. The minimum absolute atomic E-state index is 0.512. The van der Waals surface area contributed by atoms with Crippen molar-refractivity contribution >= 4 is 6.47 Å². The maximum Gasteiger partial charge on any atom is 0.293 e. The number of ether oxygens (including phenoxy) is 1. The zero-order chi connectivity index (χ0) is 8.65. The second-order valence-corrected chi connectivity index (χ2v) is 2.91. The van der Waals surface area contributed by atoms with E-state index in [-0.39, 0.29) is 0 Å². The van der Waals surface area contributed by atoms with Crippen molar-refractivity contribution in [3.63, 3.8) is 0 Å². The van der Waals surface area contributed by atoms with Crippen LogP contribution < -0.4 is 5.32 Å². The maximum absolute atomic E-state index is 9.81. The van der Waals surface area contributed by atoms with Gasteiger partial charge in [0, 0.05) is 32.7 Å². The highest BCUT2D eigenvalue weighted by Gasteiger charge is 2.07. The molecule has 0 bridgehead atoms. The van der Waals surface area contributed by atoms with Crippen LogP contribution in [0.4, 0.5) is 0 Å². The van der Waals surface area contributed by atoms with Gasteiger partial charge in [0.1, 0.15) is 0 Å². The Bertz CT molecular complexity index is 124. The number of hydrogen-bond acceptors (Lipinski definition) is 4. The molecular weight excluding hydrogens is 156 g/mol. The normalized spacial score (nSPS) is 19.0. The van der Waals surface area contributed by atoms with Crippen molar-refractivity contribution in [2.75, 3.05) is 39.3 Å². The molecule has 70 valence electrons. The second kappa shape index (κ2) is 5.97. The van der Waals surface area contributed by atoms with E-state index in [2.05, 4.69) is 15.0 Å². The van der Waals surface area contributed by atoms with Crippen LogP contribution in [0.15, 0.2) is 0 Å². The van der Waals surface area contributed by atoms with Crippen molar-refractivity contribution in [1.82, 2.24) is 10.2 Å². The van der Waals surface area contributed by atoms with Crippen molar-refractivity contribution in [2.24, 2.45) is 0 Å². The molecule has 1 N–H and O–H groups in total. The highest BCUT2D eigenvalue weighted by Crippen LogP contribution is 1.93. The molecule has 0 amide bonds. The van der Waals surface area contributed by atoms with Crippen molar-refractivity contribution < 1.29 is 9.53 Å². The van der Waals surface area contributed by atoms with Crippen LogP contribution in [0.3, 0.4) is 0 Å². The summed E-state index contributed by atoms with van der Waals surface area (Å²) in [6, 6.07) is 0. The predicted octanol–water partition coefficient (Wildman–Crippen LogP) is -0.545. The standard InChI is InChI=1S/C8H16N2O2/c11-8-12-7-1-4-10-5-2-9-3-6-10/h8-9H,1-7H2. The fourth-order valence-corrected chi connectivity index (χ4v) is 1.35. The van der Waals surface area contributed by atoms with Gasteiger partial charge in [0.25, 0.3) is 6.47 Å². The molecule has 1 fully saturated rings. The molecule has 4 heteroatoms. The highest BCUT2D eigenvalue weighted by molar-refractivity contribution is 5.36. The lowest BCUT2D eigenvalue weighted by Crippen LogP contribution is -2.43. The number of nitrogens with zero attached hydrogens (tertiary/aromatic N) is 1. The summed E-state index contributed by atoms with van der Waals surface area (Å²) < 4.78 is 4.60. The minimum atomic E-state index is 0.512. The van der Waals surface area contributed by atoms with Crippen molar-refractivity contribution in [1.29, 1.82) is 0 Å². The summed E-state index contributed by atoms with van der Waals surface area (Å²) in [6.07, 6.45) is 0.943. The lowest BCUT2D eigenvalue weighted by molar-refractivity contribution is -0.128. The van der Waals surface area contributed by atoms with Crippen LogP contribution in [0, 0.1) is 0 Å². The smallest absolute Gasteiger partial charge is 0.293 e. The largest absolute Gasteiger partial charge is 0.468 e. The van der Waals surface area contributed by atoms with Crippen LogP contribution in [0.1, 0.15) is 6.42 Å². The first kappa shape index (κ1) is 9.48. The van der Waals surface area contributed by atoms with E-state index in [1.54, 1.807) is 0 Å². The third kappa shape index (κ3) is 3.69. The van der Waals surface area contributed by atoms with Gasteiger partial charge in [0.05, 0.1) is 6.61 Å². The highest BCUT2D eigenvalue weighted by atomic mass is 16.5. The van der Waals surface area contributed by atoms with E-state index in [1.807, 2.05) is 0 Å². The van der Waals surface area contributed by atoms with E-state index >= 15 is 0 Å². The Balaban J connectivity index is 1.94. The molecule has 1 saturated heterocycles. The third-order valence-electron chi connectivity index (χ3n) is 2.01. The monoisotopic (exact) mass is 172 g/mol. The van der Waals surface area contributed by atoms with Gasteiger partial charge in [-0.3, -0.25) is 4.79 Å². The van der Waals surface area contributed by atoms with Gasteiger partial charge in [-0.15, -0.1) is 0 Å². The number of hydrogen-bond donors (Lipinski definition) is 1. The van der Waals surface area contributed by atoms with E-state index in [1.165, 1.54) is 0 Å². The van der Waals surface area contributed by atoms with E-state index < -0.39 is 0 Å². The molecule has 0 aliphatic carbocycles. The Morgan fingerprint density at radius 3 is 2.83 bits per heavy atom. The van der Waals surface area contributed by atoms with Gasteiger partial charge in [0.15, 0.2) is 0 Å². The fourth-order valence-electron chi connectivity index (χ4n) is 1.35. The summed E-state index contributed by atoms with van der Waals surface area (Å²) in [5.74, 6) is 0. The van der Waals surface area contributed by atoms with Crippen LogP contribution in [-0.4, -0.2) is 50.7 Å². The summed E-state index contributed by atoms with van der Waals surface area (Å²) in [6.45, 7) is 6.48. The van der Waals surface area contributed by atoms with Crippen LogP contribution >= 0.6 is 0 Å². The maximum atomic E-state index is 9.81. The first-order valence-electron chi connectivity index (χ1n) is 4.42. The van der Waals surface area contributed by atoms with E-state index in [4.69, 9.17) is 0 Å². The molecule has 0 aromatic heterocycles. The summed E-state index contributed by atoms with van der Waals surface area (Å²) in [5.41, 5.74) is 0. The topological polar surface area (TPSA) is 41.6 Å². The molecular formula is C8H16N2O2. The summed E-state index contributed by atoms with van der Waals surface area (Å²) in [5, 5.41) is 3.29. The first-order valence-corrected chi connectivity index (χ1v) is 4.42. The Kier molecular flexibility index (Phi) is 4.71. The van der Waals surface area contributed by atoms with Gasteiger partial charge in [-0.25, -0.2) is 0 Å². The molecule has 1 heterocycles. The number of rotatable bonds is 5. The number of carbonyl (C=O) groups is 1. The lowest BCUT2D eigenvalue weighted by Gasteiger charge is -2.26. The summed E-state index contributed by atoms with van der Waals surface area (Å²) in [4.78, 5) is 12.2. The van der Waals surface area contributed by atoms with Gasteiger partial charge in [0.2, 0.25) is 0 Å². The number of piperazine rings is 1. The van der Waals surface area contributed by atoms with Crippen molar-refractivity contribution in [2.45, 2.75) is 6.42 Å². The molecule has 0 spiro atoms. The fraction of sp³-hybridized carbons (Fsp3) is 0.875. The Morgan fingerprint density at radius 2 is 2.17 bits per heavy atom. The second-order valence-electron chi connectivity index (χ2n) is 2.91. The molecule has 1 aliphatic heterocycles. The average Bonchev–Trinajstić information content (AvgIpc) is 2.14. The molecule has 12 heavy (non-hydrogen) atoms. The molecule has 0 aromatic rings.